The van der Waals surface area contributed by atoms with E-state index in [0.717, 1.165) is 11.9 Å². The van der Waals surface area contributed by atoms with Gasteiger partial charge in [0.15, 0.2) is 9.84 Å². The van der Waals surface area contributed by atoms with E-state index in [1.54, 1.807) is 0 Å². The van der Waals surface area contributed by atoms with Gasteiger partial charge in [0.05, 0.1) is 17.6 Å². The normalized spacial score (nSPS) is 25.2. The zero-order chi connectivity index (χ0) is 14.2. The Morgan fingerprint density at radius 2 is 2.10 bits per heavy atom. The molecular weight excluding hydrogens is 276 g/mol. The molecule has 5 nitrogen and oxygen atoms in total. The van der Waals surface area contributed by atoms with Gasteiger partial charge in [-0.05, 0) is 24.6 Å². The van der Waals surface area contributed by atoms with Gasteiger partial charge in [-0.15, -0.1) is 0 Å². The molecule has 1 fully saturated rings. The second-order valence-corrected chi connectivity index (χ2v) is 7.47. The molecule has 0 aliphatic carbocycles. The highest BCUT2D eigenvalue weighted by atomic mass is 32.2. The van der Waals surface area contributed by atoms with Crippen molar-refractivity contribution in [2.45, 2.75) is 18.6 Å². The first-order valence-corrected chi connectivity index (χ1v) is 8.54. The molecular formula is C14H18N2O3S. The van der Waals surface area contributed by atoms with Crippen molar-refractivity contribution in [3.63, 3.8) is 0 Å². The number of aromatic amines is 1. The topological polar surface area (TPSA) is 82.2 Å². The van der Waals surface area contributed by atoms with Gasteiger partial charge in [0.25, 0.3) is 0 Å². The van der Waals surface area contributed by atoms with Crippen LogP contribution >= 0.6 is 0 Å². The van der Waals surface area contributed by atoms with Crippen molar-refractivity contribution < 1.29 is 13.5 Å². The summed E-state index contributed by atoms with van der Waals surface area (Å²) in [5.41, 5.74) is 2.30. The largest absolute Gasteiger partial charge is 0.390 e. The third-order valence-corrected chi connectivity index (χ3v) is 5.51. The van der Waals surface area contributed by atoms with E-state index in [1.165, 1.54) is 10.9 Å². The molecule has 0 saturated carbocycles. The third kappa shape index (κ3) is 2.72. The van der Waals surface area contributed by atoms with Crippen molar-refractivity contribution >= 4 is 20.7 Å². The number of rotatable bonds is 4. The lowest BCUT2D eigenvalue weighted by Gasteiger charge is -2.14. The SMILES string of the molecule is O=S1(=O)C[C@@H](O)[C@H](NCCc2c[nH]c3ccccc23)C1. The van der Waals surface area contributed by atoms with E-state index in [9.17, 15) is 13.5 Å². The average molecular weight is 294 g/mol. The van der Waals surface area contributed by atoms with Gasteiger partial charge in [0.1, 0.15) is 0 Å². The van der Waals surface area contributed by atoms with E-state index < -0.39 is 15.9 Å². The number of aliphatic hydroxyl groups is 1. The molecule has 0 radical (unpaired) electrons. The first-order valence-electron chi connectivity index (χ1n) is 6.72. The average Bonchev–Trinajstić information content (AvgIpc) is 2.91. The monoisotopic (exact) mass is 294 g/mol. The highest BCUT2D eigenvalue weighted by Gasteiger charge is 2.35. The zero-order valence-corrected chi connectivity index (χ0v) is 11.9. The molecule has 3 N–H and O–H groups in total. The molecule has 2 heterocycles. The minimum atomic E-state index is -3.08. The van der Waals surface area contributed by atoms with Crippen molar-refractivity contribution in [2.24, 2.45) is 0 Å². The van der Waals surface area contributed by atoms with Gasteiger partial charge in [0.2, 0.25) is 0 Å². The third-order valence-electron chi connectivity index (χ3n) is 3.80. The van der Waals surface area contributed by atoms with Crippen LogP contribution in [-0.4, -0.2) is 48.7 Å². The van der Waals surface area contributed by atoms with Crippen molar-refractivity contribution in [3.8, 4) is 0 Å². The molecule has 0 amide bonds. The van der Waals surface area contributed by atoms with Gasteiger partial charge in [-0.2, -0.15) is 0 Å². The van der Waals surface area contributed by atoms with E-state index >= 15 is 0 Å². The molecule has 1 aromatic heterocycles. The predicted molar refractivity (Wildman–Crippen MR) is 78.5 cm³/mol. The van der Waals surface area contributed by atoms with E-state index in [-0.39, 0.29) is 17.5 Å². The minimum absolute atomic E-state index is 0.0298. The standard InChI is InChI=1S/C14H18N2O3S/c17-14-9-20(18,19)8-13(14)15-6-5-10-7-16-12-4-2-1-3-11(10)12/h1-4,7,13-17H,5-6,8-9H2/t13-,14-/m1/s1. The van der Waals surface area contributed by atoms with Gasteiger partial charge in [-0.25, -0.2) is 8.42 Å². The molecule has 6 heteroatoms. The second-order valence-electron chi connectivity index (χ2n) is 5.31. The summed E-state index contributed by atoms with van der Waals surface area (Å²) in [5, 5.41) is 14.0. The van der Waals surface area contributed by atoms with Crippen LogP contribution in [0.5, 0.6) is 0 Å². The zero-order valence-electron chi connectivity index (χ0n) is 11.0. The van der Waals surface area contributed by atoms with Crippen molar-refractivity contribution in [3.05, 3.63) is 36.0 Å². The summed E-state index contributed by atoms with van der Waals surface area (Å²) in [7, 11) is -3.08. The molecule has 2 atom stereocenters. The van der Waals surface area contributed by atoms with Gasteiger partial charge in [0, 0.05) is 23.1 Å². The van der Waals surface area contributed by atoms with E-state index in [1.807, 2.05) is 24.4 Å². The minimum Gasteiger partial charge on any atom is -0.390 e. The molecule has 108 valence electrons. The highest BCUT2D eigenvalue weighted by Crippen LogP contribution is 2.18. The molecule has 2 aromatic rings. The van der Waals surface area contributed by atoms with Crippen LogP contribution in [0.1, 0.15) is 5.56 Å². The Morgan fingerprint density at radius 3 is 2.85 bits per heavy atom. The lowest BCUT2D eigenvalue weighted by atomic mass is 10.1. The lowest BCUT2D eigenvalue weighted by Crippen LogP contribution is -2.39. The molecule has 1 saturated heterocycles. The summed E-state index contributed by atoms with van der Waals surface area (Å²) in [5.74, 6) is -0.0974. The number of sulfone groups is 1. The number of nitrogens with one attached hydrogen (secondary N) is 2. The molecule has 0 spiro atoms. The smallest absolute Gasteiger partial charge is 0.154 e. The van der Waals surface area contributed by atoms with Crippen LogP contribution in [0.25, 0.3) is 10.9 Å². The summed E-state index contributed by atoms with van der Waals surface area (Å²) in [4.78, 5) is 3.22. The Balaban J connectivity index is 1.61. The first kappa shape index (κ1) is 13.6. The molecule has 1 aromatic carbocycles. The maximum absolute atomic E-state index is 11.4. The Labute approximate surface area is 117 Å². The number of hydrogen-bond donors (Lipinski definition) is 3. The summed E-state index contributed by atoms with van der Waals surface area (Å²) in [6.45, 7) is 0.652. The van der Waals surface area contributed by atoms with Crippen LogP contribution in [0.4, 0.5) is 0 Å². The highest BCUT2D eigenvalue weighted by molar-refractivity contribution is 7.91. The fraction of sp³-hybridized carbons (Fsp3) is 0.429. The van der Waals surface area contributed by atoms with E-state index in [0.29, 0.717) is 6.54 Å². The van der Waals surface area contributed by atoms with Crippen LogP contribution in [0, 0.1) is 0 Å². The Kier molecular flexibility index (Phi) is 3.54. The summed E-state index contributed by atoms with van der Waals surface area (Å²) in [6.07, 6.45) is 1.99. The lowest BCUT2D eigenvalue weighted by molar-refractivity contribution is 0.166. The number of fused-ring (bicyclic) bond motifs is 1. The summed E-state index contributed by atoms with van der Waals surface area (Å²) < 4.78 is 22.8. The molecule has 20 heavy (non-hydrogen) atoms. The van der Waals surface area contributed by atoms with Crippen LogP contribution in [0.2, 0.25) is 0 Å². The quantitative estimate of drug-likeness (QED) is 0.765. The number of para-hydroxylation sites is 1. The number of aliphatic hydroxyl groups excluding tert-OH is 1. The van der Waals surface area contributed by atoms with Gasteiger partial charge < -0.3 is 15.4 Å². The van der Waals surface area contributed by atoms with Crippen molar-refractivity contribution in [1.29, 1.82) is 0 Å². The van der Waals surface area contributed by atoms with Crippen LogP contribution in [-0.2, 0) is 16.3 Å². The Bertz CT molecular complexity index is 708. The van der Waals surface area contributed by atoms with Gasteiger partial charge in [-0.3, -0.25) is 0 Å². The maximum Gasteiger partial charge on any atom is 0.154 e. The second kappa shape index (κ2) is 5.20. The number of benzene rings is 1. The Morgan fingerprint density at radius 1 is 1.30 bits per heavy atom. The van der Waals surface area contributed by atoms with Crippen molar-refractivity contribution in [2.75, 3.05) is 18.1 Å². The summed E-state index contributed by atoms with van der Waals surface area (Å²) >= 11 is 0. The molecule has 3 rings (SSSR count). The molecule has 1 aliphatic heterocycles. The maximum atomic E-state index is 11.4. The fourth-order valence-electron chi connectivity index (χ4n) is 2.75. The number of H-pyrrole nitrogens is 1. The van der Waals surface area contributed by atoms with E-state index in [4.69, 9.17) is 0 Å². The van der Waals surface area contributed by atoms with Gasteiger partial charge >= 0.3 is 0 Å². The molecule has 0 bridgehead atoms. The Hall–Kier alpha value is -1.37. The first-order chi connectivity index (χ1) is 9.55. The molecule has 0 unspecified atom stereocenters. The molecule has 1 aliphatic rings. The van der Waals surface area contributed by atoms with Crippen LogP contribution in [0.15, 0.2) is 30.5 Å². The summed E-state index contributed by atoms with van der Waals surface area (Å²) in [6, 6.07) is 7.74. The van der Waals surface area contributed by atoms with Gasteiger partial charge in [-0.1, -0.05) is 18.2 Å². The number of aromatic nitrogens is 1. The van der Waals surface area contributed by atoms with Crippen molar-refractivity contribution in [1.82, 2.24) is 10.3 Å². The van der Waals surface area contributed by atoms with Crippen LogP contribution < -0.4 is 5.32 Å². The fourth-order valence-corrected chi connectivity index (χ4v) is 4.53. The predicted octanol–water partition coefficient (Wildman–Crippen LogP) is 0.458. The van der Waals surface area contributed by atoms with E-state index in [2.05, 4.69) is 16.4 Å². The number of hydrogen-bond acceptors (Lipinski definition) is 4. The van der Waals surface area contributed by atoms with Crippen LogP contribution in [0.3, 0.4) is 0 Å².